The molecule has 4 fully saturated rings. The summed E-state index contributed by atoms with van der Waals surface area (Å²) in [6, 6.07) is 0. The third-order valence-corrected chi connectivity index (χ3v) is 7.03. The maximum atomic E-state index is 12.8. The third-order valence-electron chi connectivity index (χ3n) is 7.03. The lowest BCUT2D eigenvalue weighted by atomic mass is 9.78. The number of ether oxygens (including phenoxy) is 3. The number of fused-ring (bicyclic) bond motifs is 1. The zero-order valence-corrected chi connectivity index (χ0v) is 15.7. The number of carbonyl (C=O) groups excluding carboxylic acids is 3. The molecule has 3 aliphatic carbocycles. The zero-order valence-electron chi connectivity index (χ0n) is 15.7. The molecule has 3 saturated carbocycles. The molecule has 0 aromatic heterocycles. The highest BCUT2D eigenvalue weighted by Gasteiger charge is 2.70. The fourth-order valence-corrected chi connectivity index (χ4v) is 5.23. The molecule has 6 heteroatoms. The van der Waals surface area contributed by atoms with Crippen LogP contribution in [0.1, 0.15) is 52.9 Å². The number of hydrogen-bond acceptors (Lipinski definition) is 6. The lowest BCUT2D eigenvalue weighted by Gasteiger charge is -2.31. The van der Waals surface area contributed by atoms with Crippen molar-refractivity contribution in [2.24, 2.45) is 35.5 Å². The highest BCUT2D eigenvalue weighted by Crippen LogP contribution is 2.59. The number of carbonyl (C=O) groups is 3. The van der Waals surface area contributed by atoms with Gasteiger partial charge < -0.3 is 14.2 Å². The Labute approximate surface area is 153 Å². The highest BCUT2D eigenvalue weighted by molar-refractivity contribution is 5.86. The van der Waals surface area contributed by atoms with Gasteiger partial charge in [-0.05, 0) is 38.0 Å². The van der Waals surface area contributed by atoms with Gasteiger partial charge in [-0.15, -0.1) is 0 Å². The Balaban J connectivity index is 1.50. The van der Waals surface area contributed by atoms with E-state index in [-0.39, 0.29) is 47.7 Å². The van der Waals surface area contributed by atoms with Gasteiger partial charge >= 0.3 is 17.9 Å². The number of hydrogen-bond donors (Lipinski definition) is 0. The molecule has 1 aliphatic heterocycles. The Morgan fingerprint density at radius 3 is 2.42 bits per heavy atom. The van der Waals surface area contributed by atoms with Gasteiger partial charge in [0.2, 0.25) is 0 Å². The molecule has 7 unspecified atom stereocenters. The van der Waals surface area contributed by atoms with Crippen molar-refractivity contribution in [3.63, 3.8) is 0 Å². The molecular formula is C20H28O6. The molecule has 4 rings (SSSR count). The molecule has 4 aliphatic rings. The molecule has 144 valence electrons. The van der Waals surface area contributed by atoms with Gasteiger partial charge in [-0.2, -0.15) is 0 Å². The van der Waals surface area contributed by atoms with Crippen molar-refractivity contribution in [1.29, 1.82) is 0 Å². The molecule has 1 saturated heterocycles. The normalized spacial score (nSPS) is 39.3. The van der Waals surface area contributed by atoms with Crippen molar-refractivity contribution >= 4 is 17.9 Å². The van der Waals surface area contributed by atoms with Crippen LogP contribution in [0.25, 0.3) is 0 Å². The van der Waals surface area contributed by atoms with E-state index in [9.17, 15) is 14.4 Å². The van der Waals surface area contributed by atoms with Crippen LogP contribution >= 0.6 is 0 Å². The van der Waals surface area contributed by atoms with Gasteiger partial charge in [0.1, 0.15) is 18.3 Å². The maximum Gasteiger partial charge on any atom is 0.310 e. The summed E-state index contributed by atoms with van der Waals surface area (Å²) in [5.41, 5.74) is 0. The maximum absolute atomic E-state index is 12.8. The molecule has 0 N–H and O–H groups in total. The van der Waals surface area contributed by atoms with E-state index in [2.05, 4.69) is 0 Å². The van der Waals surface area contributed by atoms with Gasteiger partial charge in [0.15, 0.2) is 0 Å². The van der Waals surface area contributed by atoms with E-state index in [0.29, 0.717) is 6.42 Å². The van der Waals surface area contributed by atoms with Crippen molar-refractivity contribution in [1.82, 2.24) is 0 Å². The monoisotopic (exact) mass is 364 g/mol. The summed E-state index contributed by atoms with van der Waals surface area (Å²) in [6.45, 7) is 5.79. The molecule has 6 nitrogen and oxygen atoms in total. The Hall–Kier alpha value is -1.59. The summed E-state index contributed by atoms with van der Waals surface area (Å²) >= 11 is 0. The lowest BCUT2D eigenvalue weighted by Crippen LogP contribution is -2.45. The van der Waals surface area contributed by atoms with Crippen molar-refractivity contribution in [2.45, 2.75) is 71.2 Å². The largest absolute Gasteiger partial charge is 0.462 e. The van der Waals surface area contributed by atoms with Crippen LogP contribution in [0.5, 0.6) is 0 Å². The van der Waals surface area contributed by atoms with Crippen LogP contribution < -0.4 is 0 Å². The third kappa shape index (κ3) is 2.72. The van der Waals surface area contributed by atoms with Crippen LogP contribution in [0.4, 0.5) is 0 Å². The van der Waals surface area contributed by atoms with Gasteiger partial charge in [-0.3, -0.25) is 14.4 Å². The molecule has 7 atom stereocenters. The van der Waals surface area contributed by atoms with Crippen LogP contribution in [0.3, 0.4) is 0 Å². The van der Waals surface area contributed by atoms with Crippen molar-refractivity contribution < 1.29 is 28.6 Å². The molecule has 0 aromatic carbocycles. The lowest BCUT2D eigenvalue weighted by molar-refractivity contribution is -0.171. The van der Waals surface area contributed by atoms with Gasteiger partial charge in [0.25, 0.3) is 0 Å². The summed E-state index contributed by atoms with van der Waals surface area (Å²) in [5.74, 6) is -2.11. The standard InChI is InChI=1S/C20H28O6/c1-9(2)10(3)18(21)25-16-12-8-13-15(20(23)26-17(13)16)14(12)19(22)24-11-6-4-5-7-11/h9-17H,4-8H2,1-3H3. The predicted molar refractivity (Wildman–Crippen MR) is 90.7 cm³/mol. The number of esters is 3. The minimum atomic E-state index is -0.529. The van der Waals surface area contributed by atoms with E-state index in [1.807, 2.05) is 20.8 Å². The Kier molecular flexibility index (Phi) is 4.48. The van der Waals surface area contributed by atoms with Crippen LogP contribution in [-0.2, 0) is 28.6 Å². The highest BCUT2D eigenvalue weighted by atomic mass is 16.6. The van der Waals surface area contributed by atoms with E-state index in [1.165, 1.54) is 0 Å². The Morgan fingerprint density at radius 2 is 1.77 bits per heavy atom. The molecule has 2 bridgehead atoms. The summed E-state index contributed by atoms with van der Waals surface area (Å²) in [5, 5.41) is 0. The summed E-state index contributed by atoms with van der Waals surface area (Å²) in [6.07, 6.45) is 3.71. The van der Waals surface area contributed by atoms with Crippen molar-refractivity contribution in [3.05, 3.63) is 0 Å². The summed E-state index contributed by atoms with van der Waals surface area (Å²) < 4.78 is 17.0. The fraction of sp³-hybridized carbons (Fsp3) is 0.850. The molecule has 0 radical (unpaired) electrons. The van der Waals surface area contributed by atoms with E-state index in [1.54, 1.807) is 0 Å². The molecule has 26 heavy (non-hydrogen) atoms. The Morgan fingerprint density at radius 1 is 1.08 bits per heavy atom. The van der Waals surface area contributed by atoms with E-state index in [0.717, 1.165) is 25.7 Å². The molecular weight excluding hydrogens is 336 g/mol. The van der Waals surface area contributed by atoms with Crippen molar-refractivity contribution in [2.75, 3.05) is 0 Å². The van der Waals surface area contributed by atoms with E-state index >= 15 is 0 Å². The Bertz CT molecular complexity index is 607. The first-order valence-electron chi connectivity index (χ1n) is 10.00. The first kappa shape index (κ1) is 17.8. The average Bonchev–Trinajstić information content (AvgIpc) is 3.32. The smallest absolute Gasteiger partial charge is 0.310 e. The zero-order chi connectivity index (χ0) is 18.6. The second kappa shape index (κ2) is 6.54. The molecule has 0 amide bonds. The van der Waals surface area contributed by atoms with Crippen LogP contribution in [0.15, 0.2) is 0 Å². The van der Waals surface area contributed by atoms with Gasteiger partial charge in [-0.25, -0.2) is 0 Å². The SMILES string of the molecule is CC(C)C(C)C(=O)OC1C2CC3C1OC(=O)C3C2C(=O)OC1CCCC1. The quantitative estimate of drug-likeness (QED) is 0.551. The van der Waals surface area contributed by atoms with Crippen molar-refractivity contribution in [3.8, 4) is 0 Å². The topological polar surface area (TPSA) is 78.9 Å². The second-order valence-corrected chi connectivity index (χ2v) is 8.79. The van der Waals surface area contributed by atoms with Crippen LogP contribution in [-0.4, -0.2) is 36.2 Å². The second-order valence-electron chi connectivity index (χ2n) is 8.79. The average molecular weight is 364 g/mol. The van der Waals surface area contributed by atoms with E-state index < -0.39 is 24.0 Å². The number of rotatable bonds is 5. The van der Waals surface area contributed by atoms with Crippen LogP contribution in [0, 0.1) is 35.5 Å². The summed E-state index contributed by atoms with van der Waals surface area (Å²) in [4.78, 5) is 37.6. The summed E-state index contributed by atoms with van der Waals surface area (Å²) in [7, 11) is 0. The molecule has 1 heterocycles. The predicted octanol–water partition coefficient (Wildman–Crippen LogP) is 2.48. The minimum absolute atomic E-state index is 0.0271. The molecule has 0 aromatic rings. The minimum Gasteiger partial charge on any atom is -0.462 e. The van der Waals surface area contributed by atoms with Crippen LogP contribution in [0.2, 0.25) is 0 Å². The van der Waals surface area contributed by atoms with Gasteiger partial charge in [0, 0.05) is 11.8 Å². The van der Waals surface area contributed by atoms with Gasteiger partial charge in [0.05, 0.1) is 17.8 Å². The van der Waals surface area contributed by atoms with E-state index in [4.69, 9.17) is 14.2 Å². The van der Waals surface area contributed by atoms with Gasteiger partial charge in [-0.1, -0.05) is 20.8 Å². The first-order chi connectivity index (χ1) is 12.4. The first-order valence-corrected chi connectivity index (χ1v) is 10.00. The fourth-order valence-electron chi connectivity index (χ4n) is 5.23. The molecule has 0 spiro atoms.